The second-order valence-electron chi connectivity index (χ2n) is 5.43. The van der Waals surface area contributed by atoms with E-state index in [1.54, 1.807) is 29.8 Å². The minimum Gasteiger partial charge on any atom is -0.288 e. The Kier molecular flexibility index (Phi) is 4.42. The first-order chi connectivity index (χ1) is 12.9. The summed E-state index contributed by atoms with van der Waals surface area (Å²) in [6, 6.07) is 10.6. The SMILES string of the molecule is O=C1NC(=O)c2cc(S(=O)(=O)Nc3ccc(Sc4nncs4)cc3)ccc21. The molecular weight excluding hydrogens is 408 g/mol. The van der Waals surface area contributed by atoms with Crippen LogP contribution in [0.25, 0.3) is 0 Å². The fraction of sp³-hybridized carbons (Fsp3) is 0. The van der Waals surface area contributed by atoms with Crippen molar-refractivity contribution < 1.29 is 18.0 Å². The van der Waals surface area contributed by atoms with Gasteiger partial charge in [0.1, 0.15) is 5.51 Å². The second-order valence-corrected chi connectivity index (χ2v) is 9.26. The van der Waals surface area contributed by atoms with Crippen LogP contribution in [0, 0.1) is 0 Å². The third-order valence-electron chi connectivity index (χ3n) is 3.67. The molecule has 0 atom stereocenters. The maximum absolute atomic E-state index is 12.6. The Labute approximate surface area is 162 Å². The third-order valence-corrected chi connectivity index (χ3v) is 6.83. The number of imide groups is 1. The number of benzene rings is 2. The van der Waals surface area contributed by atoms with Gasteiger partial charge in [-0.2, -0.15) is 0 Å². The highest BCUT2D eigenvalue weighted by Crippen LogP contribution is 2.30. The van der Waals surface area contributed by atoms with E-state index in [-0.39, 0.29) is 16.0 Å². The molecule has 2 N–H and O–H groups in total. The van der Waals surface area contributed by atoms with Crippen molar-refractivity contribution in [1.82, 2.24) is 15.5 Å². The summed E-state index contributed by atoms with van der Waals surface area (Å²) in [5, 5.41) is 9.83. The van der Waals surface area contributed by atoms with Gasteiger partial charge in [0.15, 0.2) is 4.34 Å². The van der Waals surface area contributed by atoms with Gasteiger partial charge in [0.05, 0.1) is 16.0 Å². The number of nitrogens with one attached hydrogen (secondary N) is 2. The zero-order valence-electron chi connectivity index (χ0n) is 13.4. The highest BCUT2D eigenvalue weighted by molar-refractivity contribution is 8.01. The standard InChI is InChI=1S/C16H10N4O4S3/c21-14-12-6-5-11(7-13(12)15(22)18-14)27(23,24)20-9-1-3-10(4-2-9)26-16-19-17-8-25-16/h1-8,20H,(H,18,21,22). The van der Waals surface area contributed by atoms with Crippen LogP contribution in [0.2, 0.25) is 0 Å². The molecule has 8 nitrogen and oxygen atoms in total. The van der Waals surface area contributed by atoms with Crippen LogP contribution in [0.5, 0.6) is 0 Å². The molecule has 0 saturated carbocycles. The summed E-state index contributed by atoms with van der Waals surface area (Å²) in [5.41, 5.74) is 2.22. The number of rotatable bonds is 5. The van der Waals surface area contributed by atoms with Crippen molar-refractivity contribution in [2.24, 2.45) is 0 Å². The van der Waals surface area contributed by atoms with Crippen molar-refractivity contribution in [1.29, 1.82) is 0 Å². The van der Waals surface area contributed by atoms with Gasteiger partial charge in [-0.05, 0) is 42.5 Å². The topological polar surface area (TPSA) is 118 Å². The van der Waals surface area contributed by atoms with Gasteiger partial charge in [-0.15, -0.1) is 10.2 Å². The minimum atomic E-state index is -3.91. The number of nitrogens with zero attached hydrogens (tertiary/aromatic N) is 2. The van der Waals surface area contributed by atoms with Crippen molar-refractivity contribution in [3.05, 3.63) is 59.1 Å². The Morgan fingerprint density at radius 3 is 2.44 bits per heavy atom. The molecule has 3 aromatic rings. The first-order valence-corrected chi connectivity index (χ1v) is 10.7. The molecule has 1 aliphatic rings. The molecule has 4 rings (SSSR count). The lowest BCUT2D eigenvalue weighted by Gasteiger charge is -2.09. The van der Waals surface area contributed by atoms with Gasteiger partial charge in [-0.1, -0.05) is 23.1 Å². The van der Waals surface area contributed by atoms with Crippen molar-refractivity contribution in [3.8, 4) is 0 Å². The molecule has 1 aliphatic heterocycles. The van der Waals surface area contributed by atoms with Crippen LogP contribution < -0.4 is 10.0 Å². The van der Waals surface area contributed by atoms with Gasteiger partial charge in [0.2, 0.25) is 0 Å². The van der Waals surface area contributed by atoms with Crippen molar-refractivity contribution in [2.75, 3.05) is 4.72 Å². The number of sulfonamides is 1. The summed E-state index contributed by atoms with van der Waals surface area (Å²) < 4.78 is 28.4. The predicted molar refractivity (Wildman–Crippen MR) is 99.5 cm³/mol. The van der Waals surface area contributed by atoms with Crippen LogP contribution in [-0.2, 0) is 10.0 Å². The van der Waals surface area contributed by atoms with E-state index >= 15 is 0 Å². The molecule has 136 valence electrons. The van der Waals surface area contributed by atoms with Gasteiger partial charge < -0.3 is 0 Å². The van der Waals surface area contributed by atoms with Gasteiger partial charge in [0.25, 0.3) is 21.8 Å². The van der Waals surface area contributed by atoms with Crippen molar-refractivity contribution in [2.45, 2.75) is 14.1 Å². The summed E-state index contributed by atoms with van der Waals surface area (Å²) in [7, 11) is -3.91. The Morgan fingerprint density at radius 1 is 1.00 bits per heavy atom. The Hall–Kier alpha value is -2.76. The highest BCUT2D eigenvalue weighted by atomic mass is 32.2. The molecule has 0 spiro atoms. The van der Waals surface area contributed by atoms with Gasteiger partial charge in [-0.25, -0.2) is 8.42 Å². The molecule has 0 unspecified atom stereocenters. The normalized spacial score (nSPS) is 13.3. The zero-order valence-corrected chi connectivity index (χ0v) is 15.8. The predicted octanol–water partition coefficient (Wildman–Crippen LogP) is 2.37. The average molecular weight is 418 g/mol. The van der Waals surface area contributed by atoms with E-state index in [4.69, 9.17) is 0 Å². The third kappa shape index (κ3) is 3.56. The zero-order chi connectivity index (χ0) is 19.0. The van der Waals surface area contributed by atoms with Gasteiger partial charge >= 0.3 is 0 Å². The molecule has 0 saturated heterocycles. The molecule has 0 aliphatic carbocycles. The van der Waals surface area contributed by atoms with Crippen LogP contribution in [0.1, 0.15) is 20.7 Å². The lowest BCUT2D eigenvalue weighted by atomic mass is 10.1. The first kappa shape index (κ1) is 17.6. The maximum Gasteiger partial charge on any atom is 0.261 e. The number of hydrogen-bond donors (Lipinski definition) is 2. The summed E-state index contributed by atoms with van der Waals surface area (Å²) in [6.07, 6.45) is 0. The Morgan fingerprint density at radius 2 is 1.74 bits per heavy atom. The van der Waals surface area contributed by atoms with E-state index in [0.717, 1.165) is 9.24 Å². The van der Waals surface area contributed by atoms with Gasteiger partial charge in [-0.3, -0.25) is 19.6 Å². The molecule has 2 heterocycles. The Balaban J connectivity index is 1.54. The lowest BCUT2D eigenvalue weighted by Crippen LogP contribution is -2.19. The summed E-state index contributed by atoms with van der Waals surface area (Å²) in [6.45, 7) is 0. The fourth-order valence-electron chi connectivity index (χ4n) is 2.43. The molecule has 0 fully saturated rings. The largest absolute Gasteiger partial charge is 0.288 e. The van der Waals surface area contributed by atoms with Crippen LogP contribution in [0.15, 0.2) is 62.1 Å². The van der Waals surface area contributed by atoms with E-state index in [1.807, 2.05) is 0 Å². The molecular formula is C16H10N4O4S3. The monoisotopic (exact) mass is 418 g/mol. The number of fused-ring (bicyclic) bond motifs is 1. The number of amides is 2. The molecule has 0 radical (unpaired) electrons. The first-order valence-electron chi connectivity index (χ1n) is 7.49. The second kappa shape index (κ2) is 6.76. The summed E-state index contributed by atoms with van der Waals surface area (Å²) in [5.74, 6) is -1.14. The van der Waals surface area contributed by atoms with E-state index < -0.39 is 21.8 Å². The quantitative estimate of drug-likeness (QED) is 0.611. The van der Waals surface area contributed by atoms with Crippen LogP contribution in [0.4, 0.5) is 5.69 Å². The fourth-order valence-corrected chi connectivity index (χ4v) is 4.96. The summed E-state index contributed by atoms with van der Waals surface area (Å²) in [4.78, 5) is 24.1. The molecule has 2 amide bonds. The smallest absolute Gasteiger partial charge is 0.261 e. The van der Waals surface area contributed by atoms with E-state index in [9.17, 15) is 18.0 Å². The molecule has 11 heteroatoms. The Bertz CT molecular complexity index is 1140. The number of carbonyl (C=O) groups is 2. The number of hydrogen-bond acceptors (Lipinski definition) is 8. The highest BCUT2D eigenvalue weighted by Gasteiger charge is 2.28. The lowest BCUT2D eigenvalue weighted by molar-refractivity contribution is 0.0879. The average Bonchev–Trinajstić information content (AvgIpc) is 3.25. The maximum atomic E-state index is 12.6. The van der Waals surface area contributed by atoms with E-state index in [0.29, 0.717) is 5.69 Å². The number of anilines is 1. The molecule has 2 aromatic carbocycles. The van der Waals surface area contributed by atoms with Crippen molar-refractivity contribution in [3.63, 3.8) is 0 Å². The molecule has 27 heavy (non-hydrogen) atoms. The van der Waals surface area contributed by atoms with E-state index in [1.165, 1.54) is 41.3 Å². The van der Waals surface area contributed by atoms with Crippen LogP contribution in [0.3, 0.4) is 0 Å². The molecule has 1 aromatic heterocycles. The number of carbonyl (C=O) groups excluding carboxylic acids is 2. The minimum absolute atomic E-state index is 0.0479. The summed E-state index contributed by atoms with van der Waals surface area (Å²) >= 11 is 2.83. The van der Waals surface area contributed by atoms with E-state index in [2.05, 4.69) is 20.2 Å². The van der Waals surface area contributed by atoms with Crippen LogP contribution in [-0.4, -0.2) is 30.4 Å². The van der Waals surface area contributed by atoms with Crippen molar-refractivity contribution >= 4 is 50.6 Å². The van der Waals surface area contributed by atoms with Gasteiger partial charge in [0, 0.05) is 10.6 Å². The molecule has 0 bridgehead atoms. The van der Waals surface area contributed by atoms with Crippen LogP contribution >= 0.6 is 23.1 Å². The number of aromatic nitrogens is 2.